The Hall–Kier alpha value is -1.13. The molecule has 160 valence electrons. The molecule has 0 spiro atoms. The zero-order chi connectivity index (χ0) is 19.5. The third-order valence-electron chi connectivity index (χ3n) is 4.52. The second kappa shape index (κ2) is 13.9. The van der Waals surface area contributed by atoms with Gasteiger partial charge >= 0.3 is 0 Å². The number of benzene rings is 1. The number of aliphatic imine (C=N–C) groups is 1. The zero-order valence-corrected chi connectivity index (χ0v) is 19.6. The molecule has 1 aliphatic heterocycles. The van der Waals surface area contributed by atoms with Crippen LogP contribution in [0.15, 0.2) is 29.3 Å². The Morgan fingerprint density at radius 1 is 1.25 bits per heavy atom. The SMILES string of the molecule is CCNC(=NCC(C)Oc1cccc(F)c1)NCCN1CCCN(C)CC1.I. The summed E-state index contributed by atoms with van der Waals surface area (Å²) in [4.78, 5) is 9.48. The van der Waals surface area contributed by atoms with E-state index in [4.69, 9.17) is 4.74 Å². The van der Waals surface area contributed by atoms with Gasteiger partial charge in [-0.15, -0.1) is 24.0 Å². The van der Waals surface area contributed by atoms with E-state index in [1.165, 1.54) is 25.1 Å². The quantitative estimate of drug-likeness (QED) is 0.322. The minimum atomic E-state index is -0.294. The van der Waals surface area contributed by atoms with Gasteiger partial charge in [0.2, 0.25) is 0 Å². The summed E-state index contributed by atoms with van der Waals surface area (Å²) in [5, 5.41) is 6.66. The molecule has 2 rings (SSSR count). The topological polar surface area (TPSA) is 52.1 Å². The van der Waals surface area contributed by atoms with Crippen LogP contribution in [0.3, 0.4) is 0 Å². The molecule has 0 amide bonds. The van der Waals surface area contributed by atoms with Crippen LogP contribution < -0.4 is 15.4 Å². The fraction of sp³-hybridized carbons (Fsp3) is 0.650. The highest BCUT2D eigenvalue weighted by Gasteiger charge is 2.11. The van der Waals surface area contributed by atoms with E-state index in [0.717, 1.165) is 45.2 Å². The molecule has 6 nitrogen and oxygen atoms in total. The second-order valence-electron chi connectivity index (χ2n) is 7.03. The number of likely N-dealkylation sites (N-methyl/N-ethyl adjacent to an activating group) is 1. The van der Waals surface area contributed by atoms with Crippen LogP contribution in [0.4, 0.5) is 4.39 Å². The summed E-state index contributed by atoms with van der Waals surface area (Å²) >= 11 is 0. The van der Waals surface area contributed by atoms with E-state index in [2.05, 4.69) is 39.4 Å². The van der Waals surface area contributed by atoms with Crippen LogP contribution in [-0.2, 0) is 0 Å². The Labute approximate surface area is 185 Å². The summed E-state index contributed by atoms with van der Waals surface area (Å²) < 4.78 is 19.0. The number of halogens is 2. The van der Waals surface area contributed by atoms with Gasteiger partial charge in [0.05, 0.1) is 6.54 Å². The van der Waals surface area contributed by atoms with Crippen molar-refractivity contribution >= 4 is 29.9 Å². The van der Waals surface area contributed by atoms with Gasteiger partial charge in [-0.05, 0) is 52.5 Å². The second-order valence-corrected chi connectivity index (χ2v) is 7.03. The van der Waals surface area contributed by atoms with Crippen LogP contribution >= 0.6 is 24.0 Å². The van der Waals surface area contributed by atoms with Gasteiger partial charge in [-0.1, -0.05) is 6.07 Å². The molecule has 0 bridgehead atoms. The third-order valence-corrected chi connectivity index (χ3v) is 4.52. The maximum atomic E-state index is 13.2. The summed E-state index contributed by atoms with van der Waals surface area (Å²) in [5.41, 5.74) is 0. The average molecular weight is 507 g/mol. The average Bonchev–Trinajstić information content (AvgIpc) is 2.84. The van der Waals surface area contributed by atoms with Crippen molar-refractivity contribution in [1.29, 1.82) is 0 Å². The van der Waals surface area contributed by atoms with Crippen LogP contribution in [0.2, 0.25) is 0 Å². The highest BCUT2D eigenvalue weighted by molar-refractivity contribution is 14.0. The number of ether oxygens (including phenoxy) is 1. The Morgan fingerprint density at radius 2 is 2.07 bits per heavy atom. The predicted octanol–water partition coefficient (Wildman–Crippen LogP) is 2.40. The van der Waals surface area contributed by atoms with E-state index in [0.29, 0.717) is 12.3 Å². The smallest absolute Gasteiger partial charge is 0.191 e. The number of rotatable bonds is 8. The first-order valence-electron chi connectivity index (χ1n) is 9.92. The van der Waals surface area contributed by atoms with Gasteiger partial charge in [-0.3, -0.25) is 0 Å². The largest absolute Gasteiger partial charge is 0.489 e. The van der Waals surface area contributed by atoms with Gasteiger partial charge in [0.25, 0.3) is 0 Å². The van der Waals surface area contributed by atoms with Crippen LogP contribution in [-0.4, -0.2) is 81.3 Å². The number of hydrogen-bond donors (Lipinski definition) is 2. The molecule has 1 fully saturated rings. The summed E-state index contributed by atoms with van der Waals surface area (Å²) in [6, 6.07) is 6.20. The Morgan fingerprint density at radius 3 is 2.82 bits per heavy atom. The Balaban J connectivity index is 0.00000392. The number of nitrogens with zero attached hydrogens (tertiary/aromatic N) is 3. The summed E-state index contributed by atoms with van der Waals surface area (Å²) in [5.74, 6) is 1.03. The van der Waals surface area contributed by atoms with Crippen molar-refractivity contribution in [1.82, 2.24) is 20.4 Å². The first kappa shape index (κ1) is 24.9. The molecular formula is C20H35FIN5O. The van der Waals surface area contributed by atoms with Gasteiger partial charge in [0.15, 0.2) is 5.96 Å². The number of hydrogen-bond acceptors (Lipinski definition) is 4. The molecule has 28 heavy (non-hydrogen) atoms. The minimum Gasteiger partial charge on any atom is -0.489 e. The lowest BCUT2D eigenvalue weighted by Crippen LogP contribution is -2.42. The molecule has 1 saturated heterocycles. The van der Waals surface area contributed by atoms with E-state index in [9.17, 15) is 4.39 Å². The minimum absolute atomic E-state index is 0. The van der Waals surface area contributed by atoms with Crippen LogP contribution in [0.1, 0.15) is 20.3 Å². The van der Waals surface area contributed by atoms with Gasteiger partial charge in [0, 0.05) is 38.8 Å². The molecule has 1 aromatic carbocycles. The van der Waals surface area contributed by atoms with Gasteiger partial charge in [0.1, 0.15) is 17.7 Å². The molecule has 0 radical (unpaired) electrons. The molecule has 1 atom stereocenters. The molecule has 2 N–H and O–H groups in total. The standard InChI is InChI=1S/C20H34FN5O.HI/c1-4-22-20(23-9-12-26-11-6-10-25(3)13-14-26)24-16-17(2)27-19-8-5-7-18(21)15-19;/h5,7-8,15,17H,4,6,9-14,16H2,1-3H3,(H2,22,23,24);1H. The van der Waals surface area contributed by atoms with Crippen LogP contribution in [0.5, 0.6) is 5.75 Å². The molecule has 0 aliphatic carbocycles. The van der Waals surface area contributed by atoms with Crippen LogP contribution in [0, 0.1) is 5.82 Å². The normalized spacial score (nSPS) is 17.4. The van der Waals surface area contributed by atoms with Crippen molar-refractivity contribution in [2.24, 2.45) is 4.99 Å². The molecule has 0 saturated carbocycles. The third kappa shape index (κ3) is 9.88. The summed E-state index contributed by atoms with van der Waals surface area (Å²) in [6.07, 6.45) is 1.09. The zero-order valence-electron chi connectivity index (χ0n) is 17.3. The molecule has 1 heterocycles. The van der Waals surface area contributed by atoms with Gasteiger partial charge in [-0.25, -0.2) is 9.38 Å². The van der Waals surface area contributed by atoms with Crippen molar-refractivity contribution in [3.63, 3.8) is 0 Å². The molecule has 1 aromatic rings. The molecule has 1 unspecified atom stereocenters. The highest BCUT2D eigenvalue weighted by Crippen LogP contribution is 2.13. The van der Waals surface area contributed by atoms with Gasteiger partial charge < -0.3 is 25.2 Å². The van der Waals surface area contributed by atoms with E-state index < -0.39 is 0 Å². The summed E-state index contributed by atoms with van der Waals surface area (Å²) in [7, 11) is 2.19. The van der Waals surface area contributed by atoms with Crippen molar-refractivity contribution in [2.45, 2.75) is 26.4 Å². The lowest BCUT2D eigenvalue weighted by molar-refractivity contribution is 0.229. The Kier molecular flexibility index (Phi) is 12.4. The maximum Gasteiger partial charge on any atom is 0.191 e. The monoisotopic (exact) mass is 507 g/mol. The van der Waals surface area contributed by atoms with Crippen molar-refractivity contribution < 1.29 is 9.13 Å². The first-order chi connectivity index (χ1) is 13.1. The van der Waals surface area contributed by atoms with E-state index in [1.807, 2.05) is 6.92 Å². The molecule has 1 aliphatic rings. The lowest BCUT2D eigenvalue weighted by Gasteiger charge is -2.21. The van der Waals surface area contributed by atoms with Crippen molar-refractivity contribution in [3.05, 3.63) is 30.1 Å². The lowest BCUT2D eigenvalue weighted by atomic mass is 10.3. The Bertz CT molecular complexity index is 589. The van der Waals surface area contributed by atoms with E-state index in [-0.39, 0.29) is 35.9 Å². The summed E-state index contributed by atoms with van der Waals surface area (Å²) in [6.45, 7) is 11.7. The highest BCUT2D eigenvalue weighted by atomic mass is 127. The molecule has 0 aromatic heterocycles. The fourth-order valence-electron chi connectivity index (χ4n) is 3.03. The van der Waals surface area contributed by atoms with Crippen molar-refractivity contribution in [2.75, 3.05) is 59.4 Å². The number of guanidine groups is 1. The van der Waals surface area contributed by atoms with Crippen LogP contribution in [0.25, 0.3) is 0 Å². The van der Waals surface area contributed by atoms with Gasteiger partial charge in [-0.2, -0.15) is 0 Å². The number of nitrogens with one attached hydrogen (secondary N) is 2. The molecule has 8 heteroatoms. The van der Waals surface area contributed by atoms with Crippen molar-refractivity contribution in [3.8, 4) is 5.75 Å². The fourth-order valence-corrected chi connectivity index (χ4v) is 3.03. The maximum absolute atomic E-state index is 13.2. The van der Waals surface area contributed by atoms with E-state index in [1.54, 1.807) is 12.1 Å². The first-order valence-corrected chi connectivity index (χ1v) is 9.92. The molecular weight excluding hydrogens is 472 g/mol. The predicted molar refractivity (Wildman–Crippen MR) is 124 cm³/mol. The van der Waals surface area contributed by atoms with E-state index >= 15 is 0 Å².